The molecule has 0 radical (unpaired) electrons. The van der Waals surface area contributed by atoms with E-state index in [2.05, 4.69) is 13.8 Å². The van der Waals surface area contributed by atoms with Crippen LogP contribution < -0.4 is 0 Å². The highest BCUT2D eigenvalue weighted by molar-refractivity contribution is 7.58. The topological polar surface area (TPSA) is 89.5 Å². The molecule has 0 amide bonds. The predicted molar refractivity (Wildman–Crippen MR) is 179 cm³/mol. The van der Waals surface area contributed by atoms with Crippen LogP contribution in [0.2, 0.25) is 0 Å². The van der Waals surface area contributed by atoms with Crippen LogP contribution in [-0.4, -0.2) is 55.6 Å². The molecule has 3 aromatic carbocycles. The smallest absolute Gasteiger partial charge is 0.303 e. The van der Waals surface area contributed by atoms with Crippen molar-refractivity contribution in [1.82, 2.24) is 0 Å². The monoisotopic (exact) mass is 652 g/mol. The summed E-state index contributed by atoms with van der Waals surface area (Å²) in [6.07, 6.45) is -0.204. The van der Waals surface area contributed by atoms with E-state index in [1.54, 1.807) is 0 Å². The summed E-state index contributed by atoms with van der Waals surface area (Å²) in [7, 11) is -3.14. The first-order valence-corrected chi connectivity index (χ1v) is 18.4. The zero-order chi connectivity index (χ0) is 32.6. The van der Waals surface area contributed by atoms with E-state index >= 15 is 0 Å². The average molecular weight is 653 g/mol. The minimum absolute atomic E-state index is 0.153. The van der Waals surface area contributed by atoms with E-state index in [0.29, 0.717) is 18.9 Å². The van der Waals surface area contributed by atoms with E-state index in [-0.39, 0.29) is 19.8 Å². The molecule has 4 rings (SSSR count). The number of carbonyl (C=O) groups is 1. The number of rotatable bonds is 19. The largest absolute Gasteiger partial charge is 0.454 e. The first kappa shape index (κ1) is 36.0. The maximum Gasteiger partial charge on any atom is 0.303 e. The van der Waals surface area contributed by atoms with Crippen molar-refractivity contribution in [2.24, 2.45) is 0 Å². The SMILES string of the molecule is CCCCP(=O)(CCCC)O[C@H]1O[C@H](COCc2ccccc2)[C@@H](OCc2ccccc2)[C@H](OCc2ccccc2)[C@H]1OC(C)=O. The molecule has 0 saturated carbocycles. The lowest BCUT2D eigenvalue weighted by atomic mass is 9.98. The summed E-state index contributed by atoms with van der Waals surface area (Å²) in [5.74, 6) is -0.520. The van der Waals surface area contributed by atoms with Crippen LogP contribution in [0.3, 0.4) is 0 Å². The molecule has 5 atom stereocenters. The van der Waals surface area contributed by atoms with E-state index in [1.165, 1.54) is 6.92 Å². The molecule has 0 aromatic heterocycles. The van der Waals surface area contributed by atoms with Gasteiger partial charge in [-0.05, 0) is 29.5 Å². The molecule has 8 nitrogen and oxygen atoms in total. The van der Waals surface area contributed by atoms with Crippen molar-refractivity contribution in [2.45, 2.75) is 97.0 Å². The molecule has 1 aliphatic heterocycles. The molecular formula is C37H49O8P. The summed E-state index contributed by atoms with van der Waals surface area (Å²) in [5.41, 5.74) is 2.94. The van der Waals surface area contributed by atoms with Gasteiger partial charge in [0.15, 0.2) is 6.10 Å². The Morgan fingerprint density at radius 3 is 1.65 bits per heavy atom. The lowest BCUT2D eigenvalue weighted by Crippen LogP contribution is -2.62. The molecule has 0 unspecified atom stereocenters. The van der Waals surface area contributed by atoms with Crippen LogP contribution in [0.5, 0.6) is 0 Å². The molecule has 0 bridgehead atoms. The number of unbranched alkanes of at least 4 members (excludes halogenated alkanes) is 2. The zero-order valence-corrected chi connectivity index (χ0v) is 28.2. The molecule has 3 aromatic rings. The van der Waals surface area contributed by atoms with E-state index < -0.39 is 44.0 Å². The highest BCUT2D eigenvalue weighted by atomic mass is 31.2. The Balaban J connectivity index is 1.67. The van der Waals surface area contributed by atoms with Crippen LogP contribution in [0.1, 0.15) is 63.1 Å². The van der Waals surface area contributed by atoms with Crippen molar-refractivity contribution in [2.75, 3.05) is 18.9 Å². The molecule has 1 fully saturated rings. The molecule has 1 saturated heterocycles. The summed E-state index contributed by atoms with van der Waals surface area (Å²) in [6.45, 7) is 6.50. The van der Waals surface area contributed by atoms with Gasteiger partial charge in [-0.25, -0.2) is 0 Å². The molecule has 0 spiro atoms. The first-order chi connectivity index (χ1) is 22.4. The Kier molecular flexibility index (Phi) is 14.9. The van der Waals surface area contributed by atoms with Gasteiger partial charge in [0, 0.05) is 19.2 Å². The number of esters is 1. The Labute approximate surface area is 274 Å². The van der Waals surface area contributed by atoms with E-state index in [0.717, 1.165) is 42.4 Å². The third kappa shape index (κ3) is 11.4. The molecule has 250 valence electrons. The fraction of sp³-hybridized carbons (Fsp3) is 0.486. The minimum atomic E-state index is -3.14. The van der Waals surface area contributed by atoms with Gasteiger partial charge in [0.05, 0.1) is 26.4 Å². The second-order valence-corrected chi connectivity index (χ2v) is 14.4. The van der Waals surface area contributed by atoms with Gasteiger partial charge in [-0.2, -0.15) is 0 Å². The normalized spacial score (nSPS) is 21.6. The Morgan fingerprint density at radius 1 is 0.696 bits per heavy atom. The van der Waals surface area contributed by atoms with Gasteiger partial charge in [-0.3, -0.25) is 13.9 Å². The van der Waals surface area contributed by atoms with Gasteiger partial charge in [-0.1, -0.05) is 118 Å². The Hall–Kier alpha value is -2.84. The van der Waals surface area contributed by atoms with E-state index in [1.807, 2.05) is 91.0 Å². The third-order valence-electron chi connectivity index (χ3n) is 7.86. The minimum Gasteiger partial charge on any atom is -0.454 e. The second kappa shape index (κ2) is 19.1. The highest BCUT2D eigenvalue weighted by Crippen LogP contribution is 2.51. The van der Waals surface area contributed by atoms with Crippen LogP contribution in [0.25, 0.3) is 0 Å². The first-order valence-electron chi connectivity index (χ1n) is 16.4. The highest BCUT2D eigenvalue weighted by Gasteiger charge is 2.51. The predicted octanol–water partition coefficient (Wildman–Crippen LogP) is 7.93. The van der Waals surface area contributed by atoms with Crippen LogP contribution in [-0.2, 0) is 57.4 Å². The summed E-state index contributed by atoms with van der Waals surface area (Å²) in [5, 5.41) is 0. The Morgan fingerprint density at radius 2 is 1.17 bits per heavy atom. The summed E-state index contributed by atoms with van der Waals surface area (Å²) >= 11 is 0. The molecule has 0 N–H and O–H groups in total. The molecule has 0 aliphatic carbocycles. The van der Waals surface area contributed by atoms with Crippen molar-refractivity contribution in [3.8, 4) is 0 Å². The Bertz CT molecular complexity index is 1310. The van der Waals surface area contributed by atoms with Crippen LogP contribution in [0, 0.1) is 0 Å². The fourth-order valence-electron chi connectivity index (χ4n) is 5.41. The number of ether oxygens (including phenoxy) is 5. The van der Waals surface area contributed by atoms with E-state index in [9.17, 15) is 9.36 Å². The quantitative estimate of drug-likeness (QED) is 0.0953. The van der Waals surface area contributed by atoms with Gasteiger partial charge in [0.2, 0.25) is 13.7 Å². The van der Waals surface area contributed by atoms with Gasteiger partial charge in [0.25, 0.3) is 0 Å². The van der Waals surface area contributed by atoms with Crippen LogP contribution >= 0.6 is 7.37 Å². The number of hydrogen-bond donors (Lipinski definition) is 0. The molecular weight excluding hydrogens is 603 g/mol. The van der Waals surface area contributed by atoms with Crippen molar-refractivity contribution in [3.05, 3.63) is 108 Å². The summed E-state index contributed by atoms with van der Waals surface area (Å²) in [4.78, 5) is 12.6. The maximum atomic E-state index is 14.3. The van der Waals surface area contributed by atoms with Gasteiger partial charge in [-0.15, -0.1) is 0 Å². The zero-order valence-electron chi connectivity index (χ0n) is 27.3. The maximum absolute atomic E-state index is 14.3. The van der Waals surface area contributed by atoms with Crippen molar-refractivity contribution in [3.63, 3.8) is 0 Å². The molecule has 1 heterocycles. The van der Waals surface area contributed by atoms with Crippen molar-refractivity contribution < 1.29 is 37.6 Å². The molecule has 9 heteroatoms. The van der Waals surface area contributed by atoms with Gasteiger partial charge >= 0.3 is 5.97 Å². The summed E-state index contributed by atoms with van der Waals surface area (Å²) in [6, 6.07) is 29.5. The number of hydrogen-bond acceptors (Lipinski definition) is 8. The summed E-state index contributed by atoms with van der Waals surface area (Å²) < 4.78 is 52.5. The molecule has 46 heavy (non-hydrogen) atoms. The van der Waals surface area contributed by atoms with Crippen molar-refractivity contribution in [1.29, 1.82) is 0 Å². The lowest BCUT2D eigenvalue weighted by molar-refractivity contribution is -0.302. The van der Waals surface area contributed by atoms with E-state index in [4.69, 9.17) is 28.2 Å². The molecule has 1 aliphatic rings. The average Bonchev–Trinajstić information content (AvgIpc) is 3.07. The third-order valence-corrected chi connectivity index (χ3v) is 10.4. The van der Waals surface area contributed by atoms with Gasteiger partial charge < -0.3 is 23.7 Å². The second-order valence-electron chi connectivity index (χ2n) is 11.7. The van der Waals surface area contributed by atoms with Crippen molar-refractivity contribution >= 4 is 13.3 Å². The van der Waals surface area contributed by atoms with Crippen LogP contribution in [0.4, 0.5) is 0 Å². The fourth-order valence-corrected chi connectivity index (χ4v) is 7.99. The van der Waals surface area contributed by atoms with Crippen LogP contribution in [0.15, 0.2) is 91.0 Å². The number of carbonyl (C=O) groups excluding carboxylic acids is 1. The lowest BCUT2D eigenvalue weighted by Gasteiger charge is -2.46. The number of benzene rings is 3. The van der Waals surface area contributed by atoms with Gasteiger partial charge in [0.1, 0.15) is 18.3 Å². The standard InChI is InChI=1S/C37H49O8P/c1-4-6-23-46(39,24-7-5-2)45-37-36(43-29(3)38)35(42-27-32-21-15-10-16-22-32)34(41-26-31-19-13-9-14-20-31)33(44-37)28-40-25-30-17-11-8-12-18-30/h8-22,33-37H,4-7,23-28H2,1-3H3/t33-,34-,35+,36-,37-/m1/s1.